The predicted molar refractivity (Wildman–Crippen MR) is 103 cm³/mol. The second-order valence-electron chi connectivity index (χ2n) is 6.18. The van der Waals surface area contributed by atoms with Crippen LogP contribution in [0.5, 0.6) is 5.75 Å². The molecule has 0 saturated carbocycles. The first-order valence-corrected chi connectivity index (χ1v) is 9.84. The van der Waals surface area contributed by atoms with Gasteiger partial charge in [-0.25, -0.2) is 12.7 Å². The minimum Gasteiger partial charge on any atom is -0.433 e. The number of aryl methyl sites for hydroxylation is 1. The molecular weight excluding hydrogens is 414 g/mol. The van der Waals surface area contributed by atoms with Crippen LogP contribution in [0.2, 0.25) is 5.02 Å². The molecule has 0 spiro atoms. The summed E-state index contributed by atoms with van der Waals surface area (Å²) in [5.41, 5.74) is 1.55. The minimum absolute atomic E-state index is 0.0290. The Morgan fingerprint density at radius 2 is 1.82 bits per heavy atom. The molecule has 0 aliphatic rings. The summed E-state index contributed by atoms with van der Waals surface area (Å²) in [4.78, 5) is 12.6. The molecule has 10 heteroatoms. The summed E-state index contributed by atoms with van der Waals surface area (Å²) in [7, 11) is -0.929. The maximum absolute atomic E-state index is 12.6. The van der Waals surface area contributed by atoms with Gasteiger partial charge in [-0.1, -0.05) is 11.6 Å². The quantitative estimate of drug-likeness (QED) is 0.746. The molecule has 2 rings (SSSR count). The summed E-state index contributed by atoms with van der Waals surface area (Å²) >= 11 is 5.87. The Morgan fingerprint density at radius 1 is 1.18 bits per heavy atom. The summed E-state index contributed by atoms with van der Waals surface area (Å²) in [6, 6.07) is 6.67. The number of benzene rings is 2. The monoisotopic (exact) mass is 432 g/mol. The third-order valence-electron chi connectivity index (χ3n) is 4.05. The maximum Gasteiger partial charge on any atom is 0.387 e. The lowest BCUT2D eigenvalue weighted by Crippen LogP contribution is -2.24. The highest BCUT2D eigenvalue weighted by Gasteiger charge is 2.23. The van der Waals surface area contributed by atoms with E-state index in [9.17, 15) is 22.0 Å². The van der Waals surface area contributed by atoms with Gasteiger partial charge >= 0.3 is 6.61 Å². The van der Waals surface area contributed by atoms with Crippen LogP contribution >= 0.6 is 11.6 Å². The van der Waals surface area contributed by atoms with E-state index in [0.29, 0.717) is 11.1 Å². The first-order chi connectivity index (χ1) is 12.9. The summed E-state index contributed by atoms with van der Waals surface area (Å²) in [6.45, 7) is 0.341. The zero-order chi connectivity index (χ0) is 21.2. The van der Waals surface area contributed by atoms with E-state index < -0.39 is 22.5 Å². The lowest BCUT2D eigenvalue weighted by Gasteiger charge is -2.16. The molecular formula is C18H19ClF2N2O4S. The average molecular weight is 433 g/mol. The summed E-state index contributed by atoms with van der Waals surface area (Å²) in [6.07, 6.45) is 0. The fourth-order valence-corrected chi connectivity index (χ4v) is 3.84. The Labute approximate surface area is 167 Å². The number of carbonyl (C=O) groups excluding carboxylic acids is 1. The van der Waals surface area contributed by atoms with Gasteiger partial charge in [-0.2, -0.15) is 8.78 Å². The van der Waals surface area contributed by atoms with Gasteiger partial charge in [-0.3, -0.25) is 4.79 Å². The van der Waals surface area contributed by atoms with Gasteiger partial charge in [0.2, 0.25) is 10.0 Å². The van der Waals surface area contributed by atoms with Gasteiger partial charge in [-0.05, 0) is 55.3 Å². The number of ether oxygens (including phenoxy) is 1. The fourth-order valence-electron chi connectivity index (χ4n) is 2.40. The van der Waals surface area contributed by atoms with Crippen LogP contribution in [0.15, 0.2) is 35.2 Å². The molecule has 1 amide bonds. The zero-order valence-electron chi connectivity index (χ0n) is 15.6. The number of anilines is 1. The molecule has 2 aromatic rings. The number of rotatable bonds is 6. The van der Waals surface area contributed by atoms with Crippen molar-refractivity contribution in [1.29, 1.82) is 0 Å². The van der Waals surface area contributed by atoms with Crippen molar-refractivity contribution in [3.63, 3.8) is 0 Å². The average Bonchev–Trinajstić information content (AvgIpc) is 2.58. The fraction of sp³-hybridized carbons (Fsp3) is 0.278. The van der Waals surface area contributed by atoms with Gasteiger partial charge in [0, 0.05) is 25.3 Å². The number of hydrogen-bond acceptors (Lipinski definition) is 4. The molecule has 0 aromatic heterocycles. The minimum atomic E-state index is -3.74. The van der Waals surface area contributed by atoms with Crippen LogP contribution in [0.3, 0.4) is 0 Å². The van der Waals surface area contributed by atoms with Crippen LogP contribution in [-0.4, -0.2) is 39.3 Å². The molecule has 0 atom stereocenters. The molecule has 6 nitrogen and oxygen atoms in total. The van der Waals surface area contributed by atoms with Crippen LogP contribution in [0, 0.1) is 13.8 Å². The second-order valence-corrected chi connectivity index (χ2v) is 8.71. The lowest BCUT2D eigenvalue weighted by atomic mass is 10.1. The number of amides is 1. The number of nitrogens with zero attached hydrogens (tertiary/aromatic N) is 1. The largest absolute Gasteiger partial charge is 0.433 e. The van der Waals surface area contributed by atoms with Gasteiger partial charge in [0.25, 0.3) is 5.91 Å². The van der Waals surface area contributed by atoms with Crippen molar-refractivity contribution in [3.8, 4) is 5.75 Å². The van der Waals surface area contributed by atoms with E-state index in [1.54, 1.807) is 19.9 Å². The Balaban J connectivity index is 2.35. The van der Waals surface area contributed by atoms with E-state index in [1.807, 2.05) is 0 Å². The molecule has 1 N–H and O–H groups in total. The smallest absolute Gasteiger partial charge is 0.387 e. The first kappa shape index (κ1) is 22.1. The van der Waals surface area contributed by atoms with E-state index in [4.69, 9.17) is 11.6 Å². The van der Waals surface area contributed by atoms with Gasteiger partial charge < -0.3 is 10.1 Å². The standard InChI is InChI=1S/C18H19ClF2N2O4S/c1-10-7-12(8-16(11(10)2)28(25,26)23(3)4)17(24)22-13-5-6-15(14(19)9-13)27-18(20)21/h5-9,18H,1-4H3,(H,22,24). The number of halogens is 3. The Hall–Kier alpha value is -2.23. The number of hydrogen-bond donors (Lipinski definition) is 1. The normalized spacial score (nSPS) is 11.8. The van der Waals surface area contributed by atoms with Gasteiger partial charge in [-0.15, -0.1) is 0 Å². The number of alkyl halides is 2. The maximum atomic E-state index is 12.6. The highest BCUT2D eigenvalue weighted by Crippen LogP contribution is 2.29. The topological polar surface area (TPSA) is 75.7 Å². The van der Waals surface area contributed by atoms with E-state index >= 15 is 0 Å². The molecule has 0 unspecified atom stereocenters. The summed E-state index contributed by atoms with van der Waals surface area (Å²) in [5.74, 6) is -0.794. The van der Waals surface area contributed by atoms with Gasteiger partial charge in [0.1, 0.15) is 5.75 Å². The third kappa shape index (κ3) is 4.78. The van der Waals surface area contributed by atoms with Crippen molar-refractivity contribution < 1.29 is 26.7 Å². The van der Waals surface area contributed by atoms with Crippen LogP contribution in [0.25, 0.3) is 0 Å². The van der Waals surface area contributed by atoms with Crippen molar-refractivity contribution in [2.24, 2.45) is 0 Å². The number of carbonyl (C=O) groups is 1. The van der Waals surface area contributed by atoms with Gasteiger partial charge in [0.05, 0.1) is 9.92 Å². The molecule has 0 saturated heterocycles. The number of nitrogens with one attached hydrogen (secondary N) is 1. The van der Waals surface area contributed by atoms with Crippen LogP contribution in [-0.2, 0) is 10.0 Å². The first-order valence-electron chi connectivity index (χ1n) is 8.03. The van der Waals surface area contributed by atoms with E-state index in [0.717, 1.165) is 4.31 Å². The lowest BCUT2D eigenvalue weighted by molar-refractivity contribution is -0.0497. The Bertz CT molecular complexity index is 1010. The summed E-state index contributed by atoms with van der Waals surface area (Å²) < 4.78 is 54.9. The molecule has 152 valence electrons. The molecule has 28 heavy (non-hydrogen) atoms. The molecule has 2 aromatic carbocycles. The van der Waals surface area contributed by atoms with Gasteiger partial charge in [0.15, 0.2) is 0 Å². The Kier molecular flexibility index (Phi) is 6.63. The highest BCUT2D eigenvalue weighted by atomic mass is 35.5. The molecule has 0 heterocycles. The van der Waals surface area contributed by atoms with Crippen molar-refractivity contribution in [2.75, 3.05) is 19.4 Å². The molecule has 0 fully saturated rings. The summed E-state index contributed by atoms with van der Waals surface area (Å²) in [5, 5.41) is 2.46. The molecule has 0 bridgehead atoms. The van der Waals surface area contributed by atoms with E-state index in [1.165, 1.54) is 38.4 Å². The predicted octanol–water partition coefficient (Wildman–Crippen LogP) is 4.06. The van der Waals surface area contributed by atoms with Crippen molar-refractivity contribution in [2.45, 2.75) is 25.4 Å². The molecule has 0 aliphatic carbocycles. The van der Waals surface area contributed by atoms with Crippen molar-refractivity contribution in [3.05, 3.63) is 52.0 Å². The highest BCUT2D eigenvalue weighted by molar-refractivity contribution is 7.89. The van der Waals surface area contributed by atoms with Crippen LogP contribution in [0.4, 0.5) is 14.5 Å². The molecule has 0 aliphatic heterocycles. The zero-order valence-corrected chi connectivity index (χ0v) is 17.2. The van der Waals surface area contributed by atoms with E-state index in [2.05, 4.69) is 10.1 Å². The van der Waals surface area contributed by atoms with E-state index in [-0.39, 0.29) is 26.9 Å². The molecule has 0 radical (unpaired) electrons. The Morgan fingerprint density at radius 3 is 2.36 bits per heavy atom. The second kappa shape index (κ2) is 8.42. The number of sulfonamides is 1. The van der Waals surface area contributed by atoms with Crippen LogP contribution in [0.1, 0.15) is 21.5 Å². The SMILES string of the molecule is Cc1cc(C(=O)Nc2ccc(OC(F)F)c(Cl)c2)cc(S(=O)(=O)N(C)C)c1C. The third-order valence-corrected chi connectivity index (χ3v) is 6.28. The van der Waals surface area contributed by atoms with Crippen molar-refractivity contribution >= 4 is 33.2 Å². The van der Waals surface area contributed by atoms with Crippen LogP contribution < -0.4 is 10.1 Å². The van der Waals surface area contributed by atoms with Crippen molar-refractivity contribution in [1.82, 2.24) is 4.31 Å².